The van der Waals surface area contributed by atoms with Gasteiger partial charge in [-0.15, -0.1) is 0 Å². The van der Waals surface area contributed by atoms with Crippen LogP contribution in [0.15, 0.2) is 0 Å². The van der Waals surface area contributed by atoms with Gasteiger partial charge in [0, 0.05) is 18.5 Å². The number of hydrogen-bond acceptors (Lipinski definition) is 4. The first-order valence-electron chi connectivity index (χ1n) is 7.30. The number of fused-ring (bicyclic) bond motifs is 1. The smallest absolute Gasteiger partial charge is 0.160 e. The Balaban J connectivity index is 1.96. The van der Waals surface area contributed by atoms with E-state index in [0.29, 0.717) is 5.92 Å². The van der Waals surface area contributed by atoms with E-state index in [-0.39, 0.29) is 5.60 Å². The second kappa shape index (κ2) is 4.84. The largest absolute Gasteiger partial charge is 0.370 e. The van der Waals surface area contributed by atoms with E-state index >= 15 is 0 Å². The van der Waals surface area contributed by atoms with Gasteiger partial charge in [-0.25, -0.2) is 9.97 Å². The lowest BCUT2D eigenvalue weighted by atomic mass is 9.78. The molecule has 0 radical (unpaired) electrons. The maximum Gasteiger partial charge on any atom is 0.160 e. The van der Waals surface area contributed by atoms with Crippen LogP contribution in [-0.4, -0.2) is 23.6 Å². The Hall–Kier alpha value is -1.00. The lowest BCUT2D eigenvalue weighted by Gasteiger charge is -2.39. The van der Waals surface area contributed by atoms with Gasteiger partial charge >= 0.3 is 0 Å². The van der Waals surface area contributed by atoms with Crippen molar-refractivity contribution in [2.75, 3.05) is 13.7 Å². The zero-order valence-corrected chi connectivity index (χ0v) is 11.9. The molecule has 3 rings (SSSR count). The number of ether oxygens (including phenoxy) is 1. The fourth-order valence-corrected chi connectivity index (χ4v) is 3.28. The summed E-state index contributed by atoms with van der Waals surface area (Å²) in [6.07, 6.45) is 6.54. The standard InChI is InChI=1S/C15H23N3O/c1-10-12-8-11(9-16)4-5-13(12)18-14(17-10)15(19-2)6-3-7-15/h11H,3-9,16H2,1-2H3. The maximum absolute atomic E-state index is 5.80. The SMILES string of the molecule is COC1(c2nc(C)c3c(n2)CCC(CN)C3)CCC1. The normalized spacial score (nSPS) is 24.7. The summed E-state index contributed by atoms with van der Waals surface area (Å²) in [6, 6.07) is 0. The van der Waals surface area contributed by atoms with Crippen LogP contribution in [0.1, 0.15) is 48.5 Å². The van der Waals surface area contributed by atoms with Crippen LogP contribution in [0.4, 0.5) is 0 Å². The molecular formula is C15H23N3O. The van der Waals surface area contributed by atoms with Gasteiger partial charge in [-0.05, 0) is 63.5 Å². The third-order valence-electron chi connectivity index (χ3n) is 4.87. The van der Waals surface area contributed by atoms with Gasteiger partial charge in [-0.2, -0.15) is 0 Å². The van der Waals surface area contributed by atoms with E-state index in [0.717, 1.165) is 50.2 Å². The molecule has 19 heavy (non-hydrogen) atoms. The molecule has 1 saturated carbocycles. The molecular weight excluding hydrogens is 238 g/mol. The first kappa shape index (κ1) is 13.0. The molecule has 0 saturated heterocycles. The average molecular weight is 261 g/mol. The highest BCUT2D eigenvalue weighted by molar-refractivity contribution is 5.30. The van der Waals surface area contributed by atoms with Crippen LogP contribution < -0.4 is 5.73 Å². The van der Waals surface area contributed by atoms with Crippen LogP contribution in [0, 0.1) is 12.8 Å². The van der Waals surface area contributed by atoms with Crippen molar-refractivity contribution < 1.29 is 4.74 Å². The molecule has 4 heteroatoms. The summed E-state index contributed by atoms with van der Waals surface area (Å²) < 4.78 is 5.70. The van der Waals surface area contributed by atoms with Crippen LogP contribution in [-0.2, 0) is 23.2 Å². The zero-order chi connectivity index (χ0) is 13.5. The average Bonchev–Trinajstić information content (AvgIpc) is 2.38. The summed E-state index contributed by atoms with van der Waals surface area (Å²) in [5.41, 5.74) is 9.29. The molecule has 0 amide bonds. The minimum absolute atomic E-state index is 0.204. The number of nitrogens with two attached hydrogens (primary N) is 1. The molecule has 1 aromatic heterocycles. The summed E-state index contributed by atoms with van der Waals surface area (Å²) in [5.74, 6) is 1.50. The van der Waals surface area contributed by atoms with Gasteiger partial charge in [-0.3, -0.25) is 0 Å². The van der Waals surface area contributed by atoms with E-state index < -0.39 is 0 Å². The van der Waals surface area contributed by atoms with Gasteiger partial charge < -0.3 is 10.5 Å². The lowest BCUT2D eigenvalue weighted by molar-refractivity contribution is -0.0849. The van der Waals surface area contributed by atoms with E-state index in [1.165, 1.54) is 17.7 Å². The van der Waals surface area contributed by atoms with Crippen molar-refractivity contribution in [3.05, 3.63) is 22.8 Å². The molecule has 1 fully saturated rings. The van der Waals surface area contributed by atoms with Crippen molar-refractivity contribution in [3.8, 4) is 0 Å². The van der Waals surface area contributed by atoms with Gasteiger partial charge in [-0.1, -0.05) is 0 Å². The Morgan fingerprint density at radius 3 is 2.74 bits per heavy atom. The third kappa shape index (κ3) is 2.07. The molecule has 1 atom stereocenters. The van der Waals surface area contributed by atoms with Crippen LogP contribution in [0.5, 0.6) is 0 Å². The van der Waals surface area contributed by atoms with Crippen LogP contribution in [0.2, 0.25) is 0 Å². The molecule has 1 heterocycles. The van der Waals surface area contributed by atoms with Crippen molar-refractivity contribution in [3.63, 3.8) is 0 Å². The van der Waals surface area contributed by atoms with Crippen LogP contribution in [0.25, 0.3) is 0 Å². The number of methoxy groups -OCH3 is 1. The molecule has 2 N–H and O–H groups in total. The van der Waals surface area contributed by atoms with Crippen LogP contribution >= 0.6 is 0 Å². The third-order valence-corrected chi connectivity index (χ3v) is 4.87. The second-order valence-corrected chi connectivity index (χ2v) is 5.95. The predicted molar refractivity (Wildman–Crippen MR) is 73.9 cm³/mol. The molecule has 2 aliphatic rings. The van der Waals surface area contributed by atoms with Gasteiger partial charge in [0.2, 0.25) is 0 Å². The van der Waals surface area contributed by atoms with E-state index in [9.17, 15) is 0 Å². The van der Waals surface area contributed by atoms with E-state index in [2.05, 4.69) is 6.92 Å². The summed E-state index contributed by atoms with van der Waals surface area (Å²) in [7, 11) is 1.78. The van der Waals surface area contributed by atoms with Gasteiger partial charge in [0.1, 0.15) is 5.60 Å². The highest BCUT2D eigenvalue weighted by atomic mass is 16.5. The highest BCUT2D eigenvalue weighted by Gasteiger charge is 2.42. The topological polar surface area (TPSA) is 61.0 Å². The quantitative estimate of drug-likeness (QED) is 0.902. The first-order valence-corrected chi connectivity index (χ1v) is 7.30. The van der Waals surface area contributed by atoms with Crippen LogP contribution in [0.3, 0.4) is 0 Å². The predicted octanol–water partition coefficient (Wildman–Crippen LogP) is 1.87. The Morgan fingerprint density at radius 2 is 2.16 bits per heavy atom. The number of nitrogens with zero attached hydrogens (tertiary/aromatic N) is 2. The molecule has 1 unspecified atom stereocenters. The van der Waals surface area contributed by atoms with E-state index in [4.69, 9.17) is 20.4 Å². The Labute approximate surface area is 114 Å². The summed E-state index contributed by atoms with van der Waals surface area (Å²) in [4.78, 5) is 9.57. The molecule has 104 valence electrons. The number of aryl methyl sites for hydroxylation is 2. The monoisotopic (exact) mass is 261 g/mol. The lowest BCUT2D eigenvalue weighted by Crippen LogP contribution is -2.39. The minimum Gasteiger partial charge on any atom is -0.370 e. The van der Waals surface area contributed by atoms with Crippen molar-refractivity contribution in [1.29, 1.82) is 0 Å². The van der Waals surface area contributed by atoms with Crippen molar-refractivity contribution >= 4 is 0 Å². The zero-order valence-electron chi connectivity index (χ0n) is 11.9. The Bertz CT molecular complexity index is 477. The molecule has 0 aliphatic heterocycles. The van der Waals surface area contributed by atoms with E-state index in [1.807, 2.05) is 0 Å². The molecule has 0 bridgehead atoms. The molecule has 2 aliphatic carbocycles. The van der Waals surface area contributed by atoms with Crippen molar-refractivity contribution in [1.82, 2.24) is 9.97 Å². The second-order valence-electron chi connectivity index (χ2n) is 5.95. The highest BCUT2D eigenvalue weighted by Crippen LogP contribution is 2.43. The summed E-state index contributed by atoms with van der Waals surface area (Å²) in [6.45, 7) is 2.87. The number of rotatable bonds is 3. The summed E-state index contributed by atoms with van der Waals surface area (Å²) in [5, 5.41) is 0. The van der Waals surface area contributed by atoms with Crippen molar-refractivity contribution in [2.45, 2.75) is 51.0 Å². The molecule has 1 aromatic rings. The van der Waals surface area contributed by atoms with Gasteiger partial charge in [0.15, 0.2) is 5.82 Å². The fourth-order valence-electron chi connectivity index (χ4n) is 3.28. The maximum atomic E-state index is 5.80. The number of aromatic nitrogens is 2. The molecule has 4 nitrogen and oxygen atoms in total. The van der Waals surface area contributed by atoms with Gasteiger partial charge in [0.25, 0.3) is 0 Å². The minimum atomic E-state index is -0.204. The van der Waals surface area contributed by atoms with Crippen molar-refractivity contribution in [2.24, 2.45) is 11.7 Å². The Kier molecular flexibility index (Phi) is 3.31. The first-order chi connectivity index (χ1) is 9.18. The molecule has 0 spiro atoms. The Morgan fingerprint density at radius 1 is 1.37 bits per heavy atom. The summed E-state index contributed by atoms with van der Waals surface area (Å²) >= 11 is 0. The van der Waals surface area contributed by atoms with Gasteiger partial charge in [0.05, 0.1) is 0 Å². The fraction of sp³-hybridized carbons (Fsp3) is 0.733. The van der Waals surface area contributed by atoms with E-state index in [1.54, 1.807) is 7.11 Å². The number of hydrogen-bond donors (Lipinski definition) is 1. The molecule has 0 aromatic carbocycles.